The lowest BCUT2D eigenvalue weighted by atomic mass is 9.78. The minimum absolute atomic E-state index is 0.322. The molecule has 0 radical (unpaired) electrons. The van der Waals surface area contributed by atoms with Gasteiger partial charge >= 0.3 is 0 Å². The highest BCUT2D eigenvalue weighted by Gasteiger charge is 2.48. The molecule has 0 N–H and O–H groups in total. The fourth-order valence-corrected chi connectivity index (χ4v) is 2.63. The standard InChI is InChI=1S/C12H15N5O/c13-16-14-4-10-2-1-3-11(15-10)5-17-6-12(7-17)8-18-9-12/h1-3H,4-9H2. The average molecular weight is 245 g/mol. The Kier molecular flexibility index (Phi) is 2.91. The molecule has 0 atom stereocenters. The van der Waals surface area contributed by atoms with Crippen molar-refractivity contribution in [1.82, 2.24) is 9.88 Å². The van der Waals surface area contributed by atoms with Gasteiger partial charge in [-0.25, -0.2) is 0 Å². The Bertz CT molecular complexity index is 485. The van der Waals surface area contributed by atoms with Crippen molar-refractivity contribution >= 4 is 0 Å². The second-order valence-electron chi connectivity index (χ2n) is 5.15. The van der Waals surface area contributed by atoms with Gasteiger partial charge in [0.2, 0.25) is 0 Å². The Morgan fingerprint density at radius 1 is 1.39 bits per heavy atom. The maximum Gasteiger partial charge on any atom is 0.0684 e. The maximum absolute atomic E-state index is 8.29. The lowest BCUT2D eigenvalue weighted by molar-refractivity contribution is -0.191. The van der Waals surface area contributed by atoms with E-state index in [0.717, 1.165) is 44.2 Å². The Morgan fingerprint density at radius 2 is 2.17 bits per heavy atom. The highest BCUT2D eigenvalue weighted by atomic mass is 16.5. The molecule has 6 nitrogen and oxygen atoms in total. The molecule has 0 saturated carbocycles. The third-order valence-electron chi connectivity index (χ3n) is 3.48. The van der Waals surface area contributed by atoms with Gasteiger partial charge in [0.15, 0.2) is 0 Å². The number of hydrogen-bond acceptors (Lipinski definition) is 4. The van der Waals surface area contributed by atoms with Crippen LogP contribution in [0.15, 0.2) is 23.3 Å². The topological polar surface area (TPSA) is 74.1 Å². The lowest BCUT2D eigenvalue weighted by Crippen LogP contribution is -2.65. The first kappa shape index (κ1) is 11.5. The van der Waals surface area contributed by atoms with Gasteiger partial charge in [-0.15, -0.1) is 0 Å². The molecule has 0 unspecified atom stereocenters. The summed E-state index contributed by atoms with van der Waals surface area (Å²) in [6.45, 7) is 5.22. The van der Waals surface area contributed by atoms with Gasteiger partial charge in [-0.2, -0.15) is 0 Å². The summed E-state index contributed by atoms with van der Waals surface area (Å²) in [5.74, 6) is 0. The highest BCUT2D eigenvalue weighted by Crippen LogP contribution is 2.37. The fraction of sp³-hybridized carbons (Fsp3) is 0.583. The molecular weight excluding hydrogens is 230 g/mol. The molecule has 3 heterocycles. The van der Waals surface area contributed by atoms with Crippen molar-refractivity contribution in [1.29, 1.82) is 0 Å². The zero-order valence-corrected chi connectivity index (χ0v) is 10.1. The van der Waals surface area contributed by atoms with E-state index in [1.54, 1.807) is 0 Å². The molecule has 3 rings (SSSR count). The summed E-state index contributed by atoms with van der Waals surface area (Å²) in [6, 6.07) is 5.87. The molecular formula is C12H15N5O. The minimum atomic E-state index is 0.322. The second kappa shape index (κ2) is 4.57. The van der Waals surface area contributed by atoms with Crippen LogP contribution in [0.25, 0.3) is 10.4 Å². The molecule has 18 heavy (non-hydrogen) atoms. The second-order valence-corrected chi connectivity index (χ2v) is 5.15. The molecule has 0 aliphatic carbocycles. The monoisotopic (exact) mass is 245 g/mol. The van der Waals surface area contributed by atoms with Crippen LogP contribution in [0, 0.1) is 5.41 Å². The van der Waals surface area contributed by atoms with Crippen molar-refractivity contribution in [2.75, 3.05) is 26.3 Å². The van der Waals surface area contributed by atoms with Crippen LogP contribution in [-0.4, -0.2) is 36.2 Å². The van der Waals surface area contributed by atoms with Gasteiger partial charge in [0.25, 0.3) is 0 Å². The summed E-state index contributed by atoms with van der Waals surface area (Å²) in [5, 5.41) is 3.53. The molecule has 6 heteroatoms. The summed E-state index contributed by atoms with van der Waals surface area (Å²) < 4.78 is 5.25. The Hall–Kier alpha value is -1.62. The number of likely N-dealkylation sites (tertiary alicyclic amines) is 1. The van der Waals surface area contributed by atoms with E-state index in [1.807, 2.05) is 18.2 Å². The van der Waals surface area contributed by atoms with Crippen molar-refractivity contribution in [3.8, 4) is 0 Å². The van der Waals surface area contributed by atoms with Crippen LogP contribution < -0.4 is 0 Å². The number of nitrogens with zero attached hydrogens (tertiary/aromatic N) is 5. The van der Waals surface area contributed by atoms with Gasteiger partial charge in [-0.05, 0) is 17.7 Å². The number of azide groups is 1. The largest absolute Gasteiger partial charge is 0.380 e. The minimum Gasteiger partial charge on any atom is -0.380 e. The van der Waals surface area contributed by atoms with Crippen LogP contribution in [0.4, 0.5) is 0 Å². The Labute approximate surface area is 105 Å². The maximum atomic E-state index is 8.29. The normalized spacial score (nSPS) is 20.9. The summed E-state index contributed by atoms with van der Waals surface area (Å²) in [5.41, 5.74) is 10.6. The zero-order chi connectivity index (χ0) is 12.4. The predicted octanol–water partition coefficient (Wildman–Crippen LogP) is 1.72. The van der Waals surface area contributed by atoms with Gasteiger partial charge in [0, 0.05) is 35.7 Å². The fourth-order valence-electron chi connectivity index (χ4n) is 2.63. The molecule has 2 aliphatic heterocycles. The smallest absolute Gasteiger partial charge is 0.0684 e. The SMILES string of the molecule is [N-]=[N+]=NCc1cccc(CN2CC3(COC3)C2)n1. The summed E-state index contributed by atoms with van der Waals surface area (Å²) in [4.78, 5) is 9.61. The molecule has 1 spiro atoms. The van der Waals surface area contributed by atoms with E-state index in [2.05, 4.69) is 19.9 Å². The van der Waals surface area contributed by atoms with Gasteiger partial charge in [-0.3, -0.25) is 9.88 Å². The van der Waals surface area contributed by atoms with Crippen molar-refractivity contribution < 1.29 is 4.74 Å². The average Bonchev–Trinajstić information content (AvgIpc) is 2.29. The van der Waals surface area contributed by atoms with Crippen molar-refractivity contribution in [3.05, 3.63) is 40.0 Å². The molecule has 1 aromatic rings. The van der Waals surface area contributed by atoms with Crippen LogP contribution in [-0.2, 0) is 17.8 Å². The van der Waals surface area contributed by atoms with Crippen LogP contribution in [0.5, 0.6) is 0 Å². The summed E-state index contributed by atoms with van der Waals surface area (Å²) in [7, 11) is 0. The molecule has 0 bridgehead atoms. The Balaban J connectivity index is 1.57. The molecule has 0 amide bonds. The van der Waals surface area contributed by atoms with Crippen LogP contribution in [0.2, 0.25) is 0 Å². The number of pyridine rings is 1. The van der Waals surface area contributed by atoms with Gasteiger partial charge < -0.3 is 4.74 Å². The van der Waals surface area contributed by atoms with E-state index in [0.29, 0.717) is 12.0 Å². The number of ether oxygens (including phenoxy) is 1. The summed E-state index contributed by atoms with van der Waals surface area (Å²) in [6.07, 6.45) is 0. The molecule has 2 saturated heterocycles. The van der Waals surface area contributed by atoms with Crippen LogP contribution >= 0.6 is 0 Å². The zero-order valence-electron chi connectivity index (χ0n) is 10.1. The Morgan fingerprint density at radius 3 is 2.83 bits per heavy atom. The predicted molar refractivity (Wildman–Crippen MR) is 65.6 cm³/mol. The van der Waals surface area contributed by atoms with Crippen molar-refractivity contribution in [2.24, 2.45) is 10.5 Å². The first-order chi connectivity index (χ1) is 8.80. The van der Waals surface area contributed by atoms with E-state index in [9.17, 15) is 0 Å². The van der Waals surface area contributed by atoms with Crippen LogP contribution in [0.1, 0.15) is 11.4 Å². The molecule has 2 fully saturated rings. The first-order valence-electron chi connectivity index (χ1n) is 6.05. The molecule has 94 valence electrons. The number of rotatable bonds is 4. The van der Waals surface area contributed by atoms with Crippen molar-refractivity contribution in [2.45, 2.75) is 13.1 Å². The summed E-state index contributed by atoms with van der Waals surface area (Å²) >= 11 is 0. The first-order valence-corrected chi connectivity index (χ1v) is 6.05. The van der Waals surface area contributed by atoms with E-state index in [-0.39, 0.29) is 0 Å². The molecule has 1 aromatic heterocycles. The van der Waals surface area contributed by atoms with E-state index in [4.69, 9.17) is 10.3 Å². The van der Waals surface area contributed by atoms with Gasteiger partial charge in [0.05, 0.1) is 25.5 Å². The van der Waals surface area contributed by atoms with Crippen molar-refractivity contribution in [3.63, 3.8) is 0 Å². The third-order valence-corrected chi connectivity index (χ3v) is 3.48. The van der Waals surface area contributed by atoms with E-state index in [1.165, 1.54) is 0 Å². The van der Waals surface area contributed by atoms with E-state index >= 15 is 0 Å². The molecule has 2 aliphatic rings. The van der Waals surface area contributed by atoms with Gasteiger partial charge in [0.1, 0.15) is 0 Å². The highest BCUT2D eigenvalue weighted by molar-refractivity contribution is 5.12. The number of hydrogen-bond donors (Lipinski definition) is 0. The third kappa shape index (κ3) is 2.18. The quantitative estimate of drug-likeness (QED) is 0.460. The van der Waals surface area contributed by atoms with Crippen LogP contribution in [0.3, 0.4) is 0 Å². The lowest BCUT2D eigenvalue weighted by Gasteiger charge is -2.55. The van der Waals surface area contributed by atoms with Gasteiger partial charge in [-0.1, -0.05) is 11.2 Å². The number of aromatic nitrogens is 1. The van der Waals surface area contributed by atoms with E-state index < -0.39 is 0 Å². The molecule has 0 aromatic carbocycles.